The summed E-state index contributed by atoms with van der Waals surface area (Å²) in [5.41, 5.74) is 2.79. The van der Waals surface area contributed by atoms with Crippen LogP contribution in [-0.4, -0.2) is 79.0 Å². The van der Waals surface area contributed by atoms with Gasteiger partial charge in [0.2, 0.25) is 0 Å². The molecule has 0 saturated carbocycles. The molecule has 2 fully saturated rings. The highest BCUT2D eigenvalue weighted by atomic mass is 32.2. The zero-order valence-corrected chi connectivity index (χ0v) is 19.6. The Kier molecular flexibility index (Phi) is 6.88. The highest BCUT2D eigenvalue weighted by Crippen LogP contribution is 2.38. The quantitative estimate of drug-likeness (QED) is 0.667. The number of hydrogen-bond donors (Lipinski definition) is 0. The molecular weight excluding hydrogens is 394 g/mol. The van der Waals surface area contributed by atoms with E-state index in [-0.39, 0.29) is 5.60 Å². The van der Waals surface area contributed by atoms with Crippen molar-refractivity contribution in [3.8, 4) is 6.07 Å². The number of rotatable bonds is 5. The third-order valence-electron chi connectivity index (χ3n) is 6.73. The number of fused-ring (bicyclic) bond motifs is 1. The second-order valence-electron chi connectivity index (χ2n) is 9.34. The van der Waals surface area contributed by atoms with Crippen LogP contribution in [0.3, 0.4) is 0 Å². The normalized spacial score (nSPS) is 22.5. The maximum atomic E-state index is 9.81. The number of pyridine rings is 1. The molecule has 164 valence electrons. The van der Waals surface area contributed by atoms with Crippen LogP contribution in [0.2, 0.25) is 0 Å². The van der Waals surface area contributed by atoms with Crippen LogP contribution in [0, 0.1) is 11.3 Å². The first-order valence-electron chi connectivity index (χ1n) is 11.3. The van der Waals surface area contributed by atoms with Crippen LogP contribution in [0.4, 0.5) is 5.82 Å². The van der Waals surface area contributed by atoms with E-state index < -0.39 is 0 Å². The number of ether oxygens (including phenoxy) is 1. The standard InChI is InChI=1S/C23H35N5OS/c1-23(2)15-18-19(16-24)22(30-3)25-21(20(18)17-29-23)28-13-11-27(12-14-28)10-9-26-7-5-4-6-8-26/h4-15,17H2,1-3H3. The summed E-state index contributed by atoms with van der Waals surface area (Å²) >= 11 is 1.58. The Bertz CT molecular complexity index is 792. The topological polar surface area (TPSA) is 55.6 Å². The minimum Gasteiger partial charge on any atom is -0.370 e. The Hall–Kier alpha value is -1.33. The molecule has 6 nitrogen and oxygen atoms in total. The predicted molar refractivity (Wildman–Crippen MR) is 122 cm³/mol. The molecule has 0 radical (unpaired) electrons. The highest BCUT2D eigenvalue weighted by molar-refractivity contribution is 7.98. The van der Waals surface area contributed by atoms with Gasteiger partial charge in [-0.1, -0.05) is 6.42 Å². The smallest absolute Gasteiger partial charge is 0.135 e. The summed E-state index contributed by atoms with van der Waals surface area (Å²) in [4.78, 5) is 12.6. The lowest BCUT2D eigenvalue weighted by Gasteiger charge is -2.40. The molecule has 0 amide bonds. The molecule has 1 aromatic rings. The van der Waals surface area contributed by atoms with Crippen molar-refractivity contribution in [2.75, 3.05) is 63.5 Å². The Morgan fingerprint density at radius 2 is 1.67 bits per heavy atom. The van der Waals surface area contributed by atoms with Gasteiger partial charge < -0.3 is 14.5 Å². The Balaban J connectivity index is 1.46. The molecule has 0 atom stereocenters. The number of aromatic nitrogens is 1. The first-order chi connectivity index (χ1) is 14.5. The zero-order valence-electron chi connectivity index (χ0n) is 18.7. The second-order valence-corrected chi connectivity index (χ2v) is 10.1. The summed E-state index contributed by atoms with van der Waals surface area (Å²) < 4.78 is 6.12. The van der Waals surface area contributed by atoms with E-state index in [9.17, 15) is 5.26 Å². The molecule has 0 N–H and O–H groups in total. The highest BCUT2D eigenvalue weighted by Gasteiger charge is 2.33. The van der Waals surface area contributed by atoms with Crippen molar-refractivity contribution in [1.82, 2.24) is 14.8 Å². The van der Waals surface area contributed by atoms with Crippen LogP contribution in [0.5, 0.6) is 0 Å². The van der Waals surface area contributed by atoms with Crippen LogP contribution in [-0.2, 0) is 17.8 Å². The molecule has 7 heteroatoms. The molecule has 0 aliphatic carbocycles. The summed E-state index contributed by atoms with van der Waals surface area (Å²) in [5, 5.41) is 10.7. The van der Waals surface area contributed by atoms with E-state index in [2.05, 4.69) is 34.6 Å². The average molecular weight is 430 g/mol. The molecule has 3 aliphatic rings. The van der Waals surface area contributed by atoms with Crippen molar-refractivity contribution >= 4 is 17.6 Å². The van der Waals surface area contributed by atoms with Gasteiger partial charge in [-0.05, 0) is 51.6 Å². The van der Waals surface area contributed by atoms with Crippen molar-refractivity contribution in [3.05, 3.63) is 16.7 Å². The molecule has 1 aromatic heterocycles. The number of thioether (sulfide) groups is 1. The van der Waals surface area contributed by atoms with Gasteiger partial charge >= 0.3 is 0 Å². The number of piperidine rings is 1. The van der Waals surface area contributed by atoms with E-state index in [1.165, 1.54) is 45.4 Å². The first-order valence-corrected chi connectivity index (χ1v) is 12.6. The number of nitrogens with zero attached hydrogens (tertiary/aromatic N) is 5. The predicted octanol–water partition coefficient (Wildman–Crippen LogP) is 3.13. The van der Waals surface area contributed by atoms with Gasteiger partial charge in [-0.15, -0.1) is 11.8 Å². The molecule has 30 heavy (non-hydrogen) atoms. The van der Waals surface area contributed by atoms with Crippen molar-refractivity contribution in [1.29, 1.82) is 5.26 Å². The zero-order chi connectivity index (χ0) is 21.1. The average Bonchev–Trinajstić information content (AvgIpc) is 2.77. The van der Waals surface area contributed by atoms with E-state index in [4.69, 9.17) is 9.72 Å². The van der Waals surface area contributed by atoms with Crippen molar-refractivity contribution in [2.24, 2.45) is 0 Å². The fourth-order valence-corrected chi connectivity index (χ4v) is 5.45. The maximum absolute atomic E-state index is 9.81. The van der Waals surface area contributed by atoms with E-state index in [1.807, 2.05) is 6.26 Å². The number of anilines is 1. The van der Waals surface area contributed by atoms with Crippen LogP contribution in [0.15, 0.2) is 5.03 Å². The largest absolute Gasteiger partial charge is 0.370 e. The SMILES string of the molecule is CSc1nc(N2CCN(CCN3CCCCC3)CC2)c2c(c1C#N)CC(C)(C)OC2. The molecule has 2 saturated heterocycles. The fraction of sp³-hybridized carbons (Fsp3) is 0.739. The van der Waals surface area contributed by atoms with Gasteiger partial charge in [0.05, 0.1) is 17.8 Å². The van der Waals surface area contributed by atoms with Crippen molar-refractivity contribution in [2.45, 2.75) is 56.8 Å². The summed E-state index contributed by atoms with van der Waals surface area (Å²) in [6, 6.07) is 2.43. The van der Waals surface area contributed by atoms with Crippen LogP contribution in [0.1, 0.15) is 49.8 Å². The van der Waals surface area contributed by atoms with Gasteiger partial charge in [0.15, 0.2) is 0 Å². The summed E-state index contributed by atoms with van der Waals surface area (Å²) in [6.07, 6.45) is 6.91. The third-order valence-corrected chi connectivity index (χ3v) is 7.41. The number of hydrogen-bond acceptors (Lipinski definition) is 7. The van der Waals surface area contributed by atoms with Gasteiger partial charge in [0.25, 0.3) is 0 Å². The maximum Gasteiger partial charge on any atom is 0.135 e. The second kappa shape index (κ2) is 9.44. The Labute approximate surface area is 185 Å². The minimum atomic E-state index is -0.236. The molecule has 0 spiro atoms. The van der Waals surface area contributed by atoms with Crippen LogP contribution < -0.4 is 4.90 Å². The van der Waals surface area contributed by atoms with Gasteiger partial charge in [-0.2, -0.15) is 5.26 Å². The molecule has 0 aromatic carbocycles. The number of nitriles is 1. The fourth-order valence-electron chi connectivity index (χ4n) is 4.90. The lowest BCUT2D eigenvalue weighted by Crippen LogP contribution is -2.49. The van der Waals surface area contributed by atoms with Crippen molar-refractivity contribution < 1.29 is 4.74 Å². The monoisotopic (exact) mass is 429 g/mol. The van der Waals surface area contributed by atoms with E-state index in [1.54, 1.807) is 11.8 Å². The van der Waals surface area contributed by atoms with Gasteiger partial charge in [-0.25, -0.2) is 4.98 Å². The van der Waals surface area contributed by atoms with Crippen LogP contribution >= 0.6 is 11.8 Å². The van der Waals surface area contributed by atoms with Gasteiger partial charge in [0, 0.05) is 51.3 Å². The van der Waals surface area contributed by atoms with Crippen LogP contribution in [0.25, 0.3) is 0 Å². The lowest BCUT2D eigenvalue weighted by molar-refractivity contribution is -0.0402. The molecule has 0 unspecified atom stereocenters. The van der Waals surface area contributed by atoms with E-state index in [0.717, 1.165) is 60.1 Å². The van der Waals surface area contributed by atoms with E-state index >= 15 is 0 Å². The van der Waals surface area contributed by atoms with Crippen molar-refractivity contribution in [3.63, 3.8) is 0 Å². The van der Waals surface area contributed by atoms with Gasteiger partial charge in [0.1, 0.15) is 16.9 Å². The number of likely N-dealkylation sites (tertiary alicyclic amines) is 1. The lowest BCUT2D eigenvalue weighted by atomic mass is 9.89. The van der Waals surface area contributed by atoms with E-state index in [0.29, 0.717) is 6.61 Å². The Morgan fingerprint density at radius 1 is 1.00 bits per heavy atom. The summed E-state index contributed by atoms with van der Waals surface area (Å²) in [6.45, 7) is 13.8. The molecule has 3 aliphatic heterocycles. The minimum absolute atomic E-state index is 0.236. The molecule has 4 rings (SSSR count). The molecule has 0 bridgehead atoms. The van der Waals surface area contributed by atoms with Gasteiger partial charge in [-0.3, -0.25) is 4.90 Å². The summed E-state index contributed by atoms with van der Waals surface area (Å²) in [5.74, 6) is 1.04. The first kappa shape index (κ1) is 21.9. The Morgan fingerprint density at radius 3 is 2.30 bits per heavy atom. The molecular formula is C23H35N5OS. The third kappa shape index (κ3) is 4.77. The number of piperazine rings is 1. The molecule has 4 heterocycles. The summed E-state index contributed by atoms with van der Waals surface area (Å²) in [7, 11) is 0.